The van der Waals surface area contributed by atoms with Gasteiger partial charge in [0.15, 0.2) is 0 Å². The molecular weight excluding hydrogens is 379 g/mol. The third kappa shape index (κ3) is 4.20. The summed E-state index contributed by atoms with van der Waals surface area (Å²) in [5.74, 6) is -0.662. The third-order valence-electron chi connectivity index (χ3n) is 2.54. The van der Waals surface area contributed by atoms with Gasteiger partial charge in [0, 0.05) is 15.1 Å². The molecule has 0 aliphatic rings. The van der Waals surface area contributed by atoms with E-state index in [0.717, 1.165) is 0 Å². The molecule has 0 unspecified atom stereocenters. The van der Waals surface area contributed by atoms with Crippen LogP contribution < -0.4 is 5.43 Å². The van der Waals surface area contributed by atoms with Gasteiger partial charge < -0.3 is 5.11 Å². The lowest BCUT2D eigenvalue weighted by molar-refractivity contribution is 0.0952. The van der Waals surface area contributed by atoms with E-state index in [1.807, 2.05) is 0 Å². The van der Waals surface area contributed by atoms with Crippen LogP contribution in [0.3, 0.4) is 0 Å². The number of hydrogen-bond donors (Lipinski definition) is 2. The lowest BCUT2D eigenvalue weighted by Gasteiger charge is -2.03. The predicted octanol–water partition coefficient (Wildman–Crippen LogP) is 4.23. The quantitative estimate of drug-likeness (QED) is 0.611. The second kappa shape index (κ2) is 6.93. The van der Waals surface area contributed by atoms with Crippen LogP contribution >= 0.6 is 39.1 Å². The van der Waals surface area contributed by atoms with Crippen LogP contribution in [0.5, 0.6) is 5.75 Å². The number of carbonyl (C=O) groups excluding carboxylic acids is 1. The van der Waals surface area contributed by atoms with E-state index < -0.39 is 5.91 Å². The number of amides is 1. The van der Waals surface area contributed by atoms with E-state index in [0.29, 0.717) is 20.1 Å². The average Bonchev–Trinajstić information content (AvgIpc) is 2.43. The van der Waals surface area contributed by atoms with Gasteiger partial charge in [-0.25, -0.2) is 5.43 Å². The summed E-state index contributed by atoms with van der Waals surface area (Å²) >= 11 is 15.0. The van der Waals surface area contributed by atoms with Crippen molar-refractivity contribution in [1.29, 1.82) is 0 Å². The minimum absolute atomic E-state index is 0.115. The minimum atomic E-state index is -0.532. The summed E-state index contributed by atoms with van der Waals surface area (Å²) in [6, 6.07) is 9.46. The molecule has 2 aromatic carbocycles. The molecule has 0 radical (unpaired) electrons. The van der Waals surface area contributed by atoms with Crippen molar-refractivity contribution >= 4 is 51.3 Å². The van der Waals surface area contributed by atoms with Gasteiger partial charge in [0.05, 0.1) is 16.8 Å². The minimum Gasteiger partial charge on any atom is -0.507 e. The highest BCUT2D eigenvalue weighted by atomic mass is 79.9. The maximum atomic E-state index is 11.9. The topological polar surface area (TPSA) is 61.7 Å². The first kappa shape index (κ1) is 15.8. The van der Waals surface area contributed by atoms with Crippen LogP contribution in [0.1, 0.15) is 15.9 Å². The molecule has 0 saturated carbocycles. The molecule has 2 N–H and O–H groups in total. The van der Waals surface area contributed by atoms with Gasteiger partial charge in [-0.2, -0.15) is 5.10 Å². The molecule has 0 aliphatic carbocycles. The first-order valence-electron chi connectivity index (χ1n) is 5.74. The Morgan fingerprint density at radius 3 is 2.71 bits per heavy atom. The largest absolute Gasteiger partial charge is 0.507 e. The van der Waals surface area contributed by atoms with Gasteiger partial charge in [-0.05, 0) is 30.3 Å². The number of carbonyl (C=O) groups is 1. The lowest BCUT2D eigenvalue weighted by atomic mass is 10.2. The molecule has 1 amide bonds. The number of nitrogens with zero attached hydrogens (tertiary/aromatic N) is 1. The predicted molar refractivity (Wildman–Crippen MR) is 87.3 cm³/mol. The summed E-state index contributed by atoms with van der Waals surface area (Å²) in [4.78, 5) is 11.9. The molecule has 2 rings (SSSR count). The maximum Gasteiger partial charge on any atom is 0.275 e. The van der Waals surface area contributed by atoms with Crippen molar-refractivity contribution in [2.45, 2.75) is 0 Å². The van der Waals surface area contributed by atoms with Gasteiger partial charge in [-0.3, -0.25) is 4.79 Å². The Bertz CT molecular complexity index is 720. The Hall–Kier alpha value is -1.56. The molecule has 2 aromatic rings. The molecule has 4 nitrogen and oxygen atoms in total. The molecule has 7 heteroatoms. The van der Waals surface area contributed by atoms with Gasteiger partial charge in [-0.1, -0.05) is 45.2 Å². The Balaban J connectivity index is 2.10. The number of hydrogen-bond acceptors (Lipinski definition) is 3. The number of nitrogens with one attached hydrogen (secondary N) is 1. The fourth-order valence-corrected chi connectivity index (χ4v) is 2.34. The Kier molecular flexibility index (Phi) is 5.22. The summed E-state index contributed by atoms with van der Waals surface area (Å²) in [7, 11) is 0. The number of hydrazone groups is 1. The van der Waals surface area contributed by atoms with Gasteiger partial charge in [0.2, 0.25) is 0 Å². The summed E-state index contributed by atoms with van der Waals surface area (Å²) in [6.45, 7) is 0. The van der Waals surface area contributed by atoms with Crippen molar-refractivity contribution in [1.82, 2.24) is 5.43 Å². The van der Waals surface area contributed by atoms with E-state index in [4.69, 9.17) is 23.2 Å². The molecule has 0 fully saturated rings. The van der Waals surface area contributed by atoms with E-state index in [-0.39, 0.29) is 11.3 Å². The van der Waals surface area contributed by atoms with Crippen LogP contribution in [-0.4, -0.2) is 17.2 Å². The first-order valence-corrected chi connectivity index (χ1v) is 7.29. The molecule has 0 bridgehead atoms. The highest BCUT2D eigenvalue weighted by molar-refractivity contribution is 9.10. The molecule has 0 atom stereocenters. The number of rotatable bonds is 3. The monoisotopic (exact) mass is 386 g/mol. The number of phenolic OH excluding ortho intramolecular Hbond substituents is 1. The standard InChI is InChI=1S/C14H9BrCl2N2O2/c15-9-2-4-13(20)11(5-9)14(21)19-18-7-8-1-3-10(16)6-12(8)17/h1-7,20H,(H,19,21). The van der Waals surface area contributed by atoms with E-state index in [1.54, 1.807) is 24.3 Å². The summed E-state index contributed by atoms with van der Waals surface area (Å²) < 4.78 is 0.676. The van der Waals surface area contributed by atoms with Crippen LogP contribution in [0.4, 0.5) is 0 Å². The van der Waals surface area contributed by atoms with Crippen LogP contribution in [0.2, 0.25) is 10.0 Å². The second-order valence-electron chi connectivity index (χ2n) is 4.03. The van der Waals surface area contributed by atoms with Gasteiger partial charge >= 0.3 is 0 Å². The van der Waals surface area contributed by atoms with E-state index in [2.05, 4.69) is 26.5 Å². The SMILES string of the molecule is O=C(NN=Cc1ccc(Cl)cc1Cl)c1cc(Br)ccc1O. The van der Waals surface area contributed by atoms with Crippen molar-refractivity contribution in [2.75, 3.05) is 0 Å². The van der Waals surface area contributed by atoms with E-state index in [1.165, 1.54) is 18.3 Å². The summed E-state index contributed by atoms with van der Waals surface area (Å²) in [5, 5.41) is 14.4. The number of aromatic hydroxyl groups is 1. The molecule has 0 spiro atoms. The zero-order valence-electron chi connectivity index (χ0n) is 10.5. The van der Waals surface area contributed by atoms with Gasteiger partial charge in [-0.15, -0.1) is 0 Å². The van der Waals surface area contributed by atoms with Crippen molar-refractivity contribution in [3.63, 3.8) is 0 Å². The lowest BCUT2D eigenvalue weighted by Crippen LogP contribution is -2.17. The fraction of sp³-hybridized carbons (Fsp3) is 0. The number of phenols is 1. The molecular formula is C14H9BrCl2N2O2. The first-order chi connectivity index (χ1) is 9.97. The number of halogens is 3. The summed E-state index contributed by atoms with van der Waals surface area (Å²) in [6.07, 6.45) is 1.39. The second-order valence-corrected chi connectivity index (χ2v) is 5.79. The zero-order chi connectivity index (χ0) is 15.4. The normalized spacial score (nSPS) is 10.8. The smallest absolute Gasteiger partial charge is 0.275 e. The summed E-state index contributed by atoms with van der Waals surface area (Å²) in [5.41, 5.74) is 3.04. The van der Waals surface area contributed by atoms with Crippen LogP contribution in [0, 0.1) is 0 Å². The van der Waals surface area contributed by atoms with Crippen molar-refractivity contribution < 1.29 is 9.90 Å². The zero-order valence-corrected chi connectivity index (χ0v) is 13.6. The van der Waals surface area contributed by atoms with Crippen molar-refractivity contribution in [3.8, 4) is 5.75 Å². The molecule has 21 heavy (non-hydrogen) atoms. The molecule has 0 heterocycles. The van der Waals surface area contributed by atoms with Crippen molar-refractivity contribution in [3.05, 3.63) is 62.0 Å². The molecule has 0 aromatic heterocycles. The highest BCUT2D eigenvalue weighted by Crippen LogP contribution is 2.22. The van der Waals surface area contributed by atoms with Crippen molar-refractivity contribution in [2.24, 2.45) is 5.10 Å². The maximum absolute atomic E-state index is 11.9. The Morgan fingerprint density at radius 2 is 2.00 bits per heavy atom. The third-order valence-corrected chi connectivity index (χ3v) is 3.59. The molecule has 0 saturated heterocycles. The molecule has 108 valence electrons. The van der Waals surface area contributed by atoms with Gasteiger partial charge in [0.1, 0.15) is 5.75 Å². The van der Waals surface area contributed by atoms with Crippen LogP contribution in [-0.2, 0) is 0 Å². The molecule has 0 aliphatic heterocycles. The van der Waals surface area contributed by atoms with E-state index in [9.17, 15) is 9.90 Å². The highest BCUT2D eigenvalue weighted by Gasteiger charge is 2.10. The Morgan fingerprint density at radius 1 is 1.24 bits per heavy atom. The fourth-order valence-electron chi connectivity index (χ4n) is 1.52. The average molecular weight is 388 g/mol. The van der Waals surface area contributed by atoms with Crippen LogP contribution in [0.25, 0.3) is 0 Å². The number of benzene rings is 2. The van der Waals surface area contributed by atoms with Gasteiger partial charge in [0.25, 0.3) is 5.91 Å². The van der Waals surface area contributed by atoms with Crippen LogP contribution in [0.15, 0.2) is 46.0 Å². The Labute approximate surface area is 139 Å². The van der Waals surface area contributed by atoms with E-state index >= 15 is 0 Å².